The molecule has 0 aliphatic carbocycles. The van der Waals surface area contributed by atoms with Crippen LogP contribution in [0.1, 0.15) is 130 Å². The van der Waals surface area contributed by atoms with Crippen LogP contribution in [-0.2, 0) is 191 Å². The Balaban J connectivity index is -0.000000105. The minimum atomic E-state index is -2.27. The Hall–Kier alpha value is 4.52. The maximum Gasteiger partial charge on any atom is 0.0464 e. The minimum Gasteiger partial charge on any atom is -0.358 e. The molecule has 6 saturated heterocycles. The molecule has 6 atom stereocenters. The molecule has 2 N–H and O–H groups in total. The summed E-state index contributed by atoms with van der Waals surface area (Å²) in [6.07, 6.45) is 19.9. The van der Waals surface area contributed by atoms with Crippen molar-refractivity contribution in [2.45, 2.75) is 146 Å². The van der Waals surface area contributed by atoms with Gasteiger partial charge in [-0.25, -0.2) is 17.1 Å². The smallest absolute Gasteiger partial charge is 0.0464 e. The van der Waals surface area contributed by atoms with E-state index in [4.69, 9.17) is 9.56 Å². The summed E-state index contributed by atoms with van der Waals surface area (Å²) in [5, 5.41) is 0.196. The van der Waals surface area contributed by atoms with Crippen LogP contribution in [0, 0.1) is 37.8 Å². The van der Waals surface area contributed by atoms with Gasteiger partial charge in [0, 0.05) is 246 Å². The molecule has 0 spiro atoms. The molecule has 0 aromatic heterocycles. The van der Waals surface area contributed by atoms with Crippen LogP contribution in [0.3, 0.4) is 0 Å². The van der Waals surface area contributed by atoms with E-state index in [0.717, 1.165) is 105 Å². The van der Waals surface area contributed by atoms with E-state index in [9.17, 15) is 25.3 Å². The van der Waals surface area contributed by atoms with Crippen LogP contribution in [-0.4, -0.2) is 107 Å². The molecule has 6 unspecified atom stereocenters. The first-order valence-corrected chi connectivity index (χ1v) is 29.1. The molecule has 20 heteroatoms. The standard InChI is InChI=1S/C7H14NOS.C6H13NOS.C6H12NOS.C6H11OS.C5H11NOS.C5H10OS.2CH4.CH3.4Y/c1-7-5-3-4-6-10(7,9)8-2;1-7-9(8)5-3-2-4-6-9;1-6-4-2-3-5-9(6,7)8;1-6-4-2-3-5-8(6)7;6-8(7)4-2-1-3-5-8;6-7-4-2-1-3-5-7;;;;;;;/h7H,1,3-6H2,2H3;2-6H2,1H3;6-7H,1-5H2;2*6H,1-5H2;1-5H2;2*1H4;1H3;;;;/q-1;;2*-1;;;;;-1;;;;. The van der Waals surface area contributed by atoms with Gasteiger partial charge < -0.3 is 28.2 Å². The van der Waals surface area contributed by atoms with Gasteiger partial charge in [-0.1, -0.05) is 88.4 Å². The van der Waals surface area contributed by atoms with Crippen molar-refractivity contribution in [3.05, 3.63) is 28.2 Å². The van der Waals surface area contributed by atoms with Crippen molar-refractivity contribution in [1.29, 1.82) is 9.56 Å². The average molecular weight is 1240 g/mol. The molecule has 4 radical (unpaired) electrons. The summed E-state index contributed by atoms with van der Waals surface area (Å²) in [4.78, 5) is 0. The van der Waals surface area contributed by atoms with Crippen LogP contribution in [0.15, 0.2) is 8.73 Å². The molecule has 6 heterocycles. The topological polar surface area (TPSA) is 175 Å². The van der Waals surface area contributed by atoms with E-state index in [0.29, 0.717) is 17.3 Å². The van der Waals surface area contributed by atoms with Gasteiger partial charge in [-0.15, -0.1) is 0 Å². The number of rotatable bonds is 0. The van der Waals surface area contributed by atoms with Crippen molar-refractivity contribution in [3.63, 3.8) is 0 Å². The second-order valence-electron chi connectivity index (χ2n) is 14.1. The van der Waals surface area contributed by atoms with Crippen molar-refractivity contribution in [3.8, 4) is 0 Å². The van der Waals surface area contributed by atoms with Gasteiger partial charge in [-0.3, -0.25) is 26.4 Å². The second-order valence-corrected chi connectivity index (χ2v) is 28.1. The molecule has 58 heavy (non-hydrogen) atoms. The van der Waals surface area contributed by atoms with Gasteiger partial charge in [0.2, 0.25) is 0 Å². The summed E-state index contributed by atoms with van der Waals surface area (Å²) < 4.78 is 88.8. The zero-order valence-corrected chi connectivity index (χ0v) is 51.3. The Kier molecular flexibility index (Phi) is 56.7. The van der Waals surface area contributed by atoms with Crippen molar-refractivity contribution in [2.75, 3.05) is 65.9 Å². The maximum atomic E-state index is 11.7. The van der Waals surface area contributed by atoms with E-state index in [1.54, 1.807) is 14.1 Å². The summed E-state index contributed by atoms with van der Waals surface area (Å²) in [5.74, 6) is 7.10. The largest absolute Gasteiger partial charge is 0.358 e. The fourth-order valence-corrected chi connectivity index (χ4v) is 15.5. The van der Waals surface area contributed by atoms with Crippen LogP contribution in [0.2, 0.25) is 0 Å². The molecule has 6 rings (SSSR count). The first kappa shape index (κ1) is 76.8. The Morgan fingerprint density at radius 3 is 1.17 bits per heavy atom. The van der Waals surface area contributed by atoms with Crippen molar-refractivity contribution in [1.82, 2.24) is 0 Å². The predicted octanol–water partition coefficient (Wildman–Crippen LogP) is 9.13. The van der Waals surface area contributed by atoms with E-state index in [-0.39, 0.29) is 169 Å². The number of hydrogen-bond acceptors (Lipinski definition) is 10. The van der Waals surface area contributed by atoms with Crippen LogP contribution in [0.25, 0.3) is 0 Å². The van der Waals surface area contributed by atoms with E-state index < -0.39 is 60.5 Å². The molecule has 0 amide bonds. The third kappa shape index (κ3) is 35.7. The second kappa shape index (κ2) is 42.8. The Morgan fingerprint density at radius 2 is 0.914 bits per heavy atom. The fraction of sp³-hybridized carbons (Fsp3) is 0.895. The number of nitrogens with one attached hydrogen (secondary N) is 2. The first-order chi connectivity index (χ1) is 24.0. The molecule has 0 aromatic rings. The molecular formula is C38H82N4O6S6Y4-4. The zero-order valence-electron chi connectivity index (χ0n) is 35.0. The normalized spacial score (nSPS) is 30.3. The monoisotopic (exact) mass is 1240 g/mol. The molecule has 10 nitrogen and oxygen atoms in total. The van der Waals surface area contributed by atoms with Gasteiger partial charge >= 0.3 is 0 Å². The average Bonchev–Trinajstić information content (AvgIpc) is 3.11. The van der Waals surface area contributed by atoms with Crippen LogP contribution < -0.4 is 0 Å². The van der Waals surface area contributed by atoms with Crippen molar-refractivity contribution in [2.24, 2.45) is 8.73 Å². The molecule has 342 valence electrons. The van der Waals surface area contributed by atoms with Crippen LogP contribution >= 0.6 is 0 Å². The van der Waals surface area contributed by atoms with Gasteiger partial charge in [0.15, 0.2) is 0 Å². The van der Waals surface area contributed by atoms with Gasteiger partial charge in [0.1, 0.15) is 0 Å². The van der Waals surface area contributed by atoms with E-state index >= 15 is 0 Å². The van der Waals surface area contributed by atoms with Gasteiger partial charge in [-0.2, -0.15) is 0 Å². The Labute approximate surface area is 467 Å². The maximum absolute atomic E-state index is 11.7. The number of hydrogen-bond donors (Lipinski definition) is 2. The third-order valence-electron chi connectivity index (χ3n) is 9.75. The zero-order chi connectivity index (χ0) is 38.4. The van der Waals surface area contributed by atoms with E-state index in [1.807, 2.05) is 0 Å². The fourth-order valence-electron chi connectivity index (χ4n) is 6.10. The quantitative estimate of drug-likeness (QED) is 0.229. The van der Waals surface area contributed by atoms with Crippen LogP contribution in [0.5, 0.6) is 0 Å². The van der Waals surface area contributed by atoms with Crippen molar-refractivity contribution < 1.29 is 156 Å². The molecule has 0 bridgehead atoms. The van der Waals surface area contributed by atoms with Gasteiger partial charge in [0.05, 0.1) is 0 Å². The summed E-state index contributed by atoms with van der Waals surface area (Å²) in [6, 6.07) is 0. The summed E-state index contributed by atoms with van der Waals surface area (Å²) in [6.45, 7) is 11.3. The van der Waals surface area contributed by atoms with E-state index in [2.05, 4.69) is 29.5 Å². The van der Waals surface area contributed by atoms with Crippen molar-refractivity contribution >= 4 is 60.5 Å². The van der Waals surface area contributed by atoms with E-state index in [1.165, 1.54) is 44.9 Å². The van der Waals surface area contributed by atoms with Gasteiger partial charge in [-0.05, 0) is 68.6 Å². The summed E-state index contributed by atoms with van der Waals surface area (Å²) >= 11 is 0. The minimum absolute atomic E-state index is 0. The summed E-state index contributed by atoms with van der Waals surface area (Å²) in [5.41, 5.74) is 0. The summed E-state index contributed by atoms with van der Waals surface area (Å²) in [7, 11) is -5.67. The predicted molar refractivity (Wildman–Crippen MR) is 245 cm³/mol. The molecular weight excluding hydrogens is 1160 g/mol. The Bertz CT molecular complexity index is 1490. The SMILES string of the molecule is C.C.CN=S1(=O)CCCCC1.N=S1(=O)CCCCC1.O=S1CCCCC1.[CH2-]C1CCCCS1(=N)=O.[CH2-]C1CCCCS1(=O)=NC.[CH2-]C1CCCCS1=O.[CH3-].[Y].[Y].[Y].[Y]. The molecule has 6 aliphatic heterocycles. The molecule has 6 fully saturated rings. The third-order valence-corrected chi connectivity index (χ3v) is 22.3. The Morgan fingerprint density at radius 1 is 0.517 bits per heavy atom. The van der Waals surface area contributed by atoms with Crippen LogP contribution in [0.4, 0.5) is 0 Å². The molecule has 6 aliphatic rings. The number of nitrogens with zero attached hydrogens (tertiary/aromatic N) is 2. The molecule has 0 saturated carbocycles. The molecule has 0 aromatic carbocycles. The first-order valence-electron chi connectivity index (χ1n) is 18.9. The van der Waals surface area contributed by atoms with Gasteiger partial charge in [0.25, 0.3) is 0 Å².